The van der Waals surface area contributed by atoms with Gasteiger partial charge in [-0.15, -0.1) is 0 Å². The average molecular weight is 451 g/mol. The van der Waals surface area contributed by atoms with E-state index >= 15 is 0 Å². The summed E-state index contributed by atoms with van der Waals surface area (Å²) in [5.41, 5.74) is 5.19. The number of aromatic nitrogens is 1. The third-order valence-electron chi connectivity index (χ3n) is 6.51. The first-order valence-corrected chi connectivity index (χ1v) is 10.7. The van der Waals surface area contributed by atoms with E-state index in [9.17, 15) is 14.4 Å². The minimum Gasteiger partial charge on any atom is -0.486 e. The fraction of sp³-hybridized carbons (Fsp3) is 0.348. The van der Waals surface area contributed by atoms with Gasteiger partial charge in [-0.05, 0) is 28.8 Å². The summed E-state index contributed by atoms with van der Waals surface area (Å²) in [5.74, 6) is 0.402. The summed E-state index contributed by atoms with van der Waals surface area (Å²) in [6, 6.07) is 5.33. The molecule has 3 N–H and O–H groups in total. The number of hydrogen-bond donors (Lipinski definition) is 3. The van der Waals surface area contributed by atoms with Gasteiger partial charge in [-0.2, -0.15) is 0 Å². The van der Waals surface area contributed by atoms with Gasteiger partial charge in [0.15, 0.2) is 11.5 Å². The van der Waals surface area contributed by atoms with E-state index in [1.54, 1.807) is 4.57 Å². The SMILES string of the molecule is O=C(CO)NCC1=C2Cn3c(cc4c(c3=O)COC(=O)C4)C2Nc2cc3c(cc21)OCCO3. The van der Waals surface area contributed by atoms with Gasteiger partial charge in [-0.3, -0.25) is 14.4 Å². The molecule has 0 radical (unpaired) electrons. The Labute approximate surface area is 187 Å². The number of nitrogens with zero attached hydrogens (tertiary/aromatic N) is 1. The standard InChI is InChI=1S/C23H21N3O7/c27-9-20(28)24-7-13-12-5-18-19(32-2-1-31-18)6-16(12)25-22-14(13)8-26-17(22)3-11-4-21(29)33-10-15(11)23(26)30/h3,5-6,22,25,27H,1-2,4,7-10H2,(H,24,28). The summed E-state index contributed by atoms with van der Waals surface area (Å²) in [4.78, 5) is 36.9. The molecule has 0 saturated carbocycles. The highest BCUT2D eigenvalue weighted by molar-refractivity contribution is 5.88. The molecule has 1 aromatic heterocycles. The molecule has 0 fully saturated rings. The fourth-order valence-electron chi connectivity index (χ4n) is 4.94. The van der Waals surface area contributed by atoms with Crippen LogP contribution in [0.5, 0.6) is 11.5 Å². The Hall–Kier alpha value is -3.79. The van der Waals surface area contributed by atoms with Crippen LogP contribution >= 0.6 is 0 Å². The molecular weight excluding hydrogens is 430 g/mol. The molecule has 5 heterocycles. The number of fused-ring (bicyclic) bond motifs is 6. The number of aliphatic hydroxyl groups excluding tert-OH is 1. The lowest BCUT2D eigenvalue weighted by Gasteiger charge is -2.30. The molecule has 0 spiro atoms. The molecule has 0 bridgehead atoms. The quantitative estimate of drug-likeness (QED) is 0.567. The lowest BCUT2D eigenvalue weighted by Crippen LogP contribution is -2.30. The van der Waals surface area contributed by atoms with Gasteiger partial charge in [0.05, 0.1) is 18.0 Å². The maximum Gasteiger partial charge on any atom is 0.310 e. The van der Waals surface area contributed by atoms with Crippen molar-refractivity contribution in [2.24, 2.45) is 0 Å². The van der Waals surface area contributed by atoms with E-state index in [1.165, 1.54) is 0 Å². The number of hydrogen-bond acceptors (Lipinski definition) is 8. The molecule has 0 aliphatic carbocycles. The van der Waals surface area contributed by atoms with Crippen LogP contribution < -0.4 is 25.7 Å². The van der Waals surface area contributed by atoms with E-state index in [1.807, 2.05) is 18.2 Å². The number of esters is 1. The Morgan fingerprint density at radius 2 is 1.94 bits per heavy atom. The lowest BCUT2D eigenvalue weighted by atomic mass is 9.89. The molecule has 33 heavy (non-hydrogen) atoms. The number of amides is 1. The highest BCUT2D eigenvalue weighted by Gasteiger charge is 2.38. The maximum atomic E-state index is 13.2. The van der Waals surface area contributed by atoms with Crippen LogP contribution in [0.2, 0.25) is 0 Å². The van der Waals surface area contributed by atoms with Gasteiger partial charge in [-0.1, -0.05) is 0 Å². The van der Waals surface area contributed by atoms with Crippen molar-refractivity contribution < 1.29 is 28.9 Å². The van der Waals surface area contributed by atoms with E-state index in [-0.39, 0.29) is 37.1 Å². The summed E-state index contributed by atoms with van der Waals surface area (Å²) in [5, 5.41) is 15.4. The summed E-state index contributed by atoms with van der Waals surface area (Å²) in [6.07, 6.45) is 0.0683. The molecule has 0 saturated heterocycles. The molecule has 1 unspecified atom stereocenters. The van der Waals surface area contributed by atoms with Crippen LogP contribution in [0.3, 0.4) is 0 Å². The molecule has 1 amide bonds. The van der Waals surface area contributed by atoms with E-state index in [2.05, 4.69) is 10.6 Å². The number of rotatable bonds is 3. The minimum absolute atomic E-state index is 0.0224. The Balaban J connectivity index is 1.50. The van der Waals surface area contributed by atoms with Crippen molar-refractivity contribution in [2.45, 2.75) is 25.6 Å². The zero-order valence-corrected chi connectivity index (χ0v) is 17.6. The van der Waals surface area contributed by atoms with Gasteiger partial charge in [0.25, 0.3) is 5.56 Å². The molecular formula is C23H21N3O7. The molecule has 2 aromatic rings. The predicted molar refractivity (Wildman–Crippen MR) is 115 cm³/mol. The molecule has 1 aromatic carbocycles. The van der Waals surface area contributed by atoms with E-state index < -0.39 is 12.5 Å². The van der Waals surface area contributed by atoms with Crippen LogP contribution in [0.25, 0.3) is 5.57 Å². The molecule has 1 atom stereocenters. The number of anilines is 1. The van der Waals surface area contributed by atoms with Crippen molar-refractivity contribution in [1.29, 1.82) is 0 Å². The number of pyridine rings is 1. The Kier molecular flexibility index (Phi) is 4.44. The van der Waals surface area contributed by atoms with Gasteiger partial charge in [0.1, 0.15) is 26.4 Å². The van der Waals surface area contributed by atoms with Crippen molar-refractivity contribution in [2.75, 3.05) is 31.7 Å². The first-order valence-electron chi connectivity index (χ1n) is 10.7. The number of carbonyl (C=O) groups is 2. The van der Waals surface area contributed by atoms with Gasteiger partial charge in [-0.25, -0.2) is 0 Å². The minimum atomic E-state index is -0.612. The Morgan fingerprint density at radius 3 is 2.73 bits per heavy atom. The third-order valence-corrected chi connectivity index (χ3v) is 6.51. The number of carbonyl (C=O) groups excluding carboxylic acids is 2. The molecule has 6 rings (SSSR count). The van der Waals surface area contributed by atoms with E-state index in [0.717, 1.165) is 28.1 Å². The topological polar surface area (TPSA) is 128 Å². The van der Waals surface area contributed by atoms with Crippen molar-refractivity contribution in [3.8, 4) is 11.5 Å². The second kappa shape index (κ2) is 7.38. The summed E-state index contributed by atoms with van der Waals surface area (Å²) >= 11 is 0. The monoisotopic (exact) mass is 451 g/mol. The van der Waals surface area contributed by atoms with Crippen LogP contribution in [-0.4, -0.2) is 47.9 Å². The predicted octanol–water partition coefficient (Wildman–Crippen LogP) is 0.261. The second-order valence-corrected chi connectivity index (χ2v) is 8.36. The fourth-order valence-corrected chi connectivity index (χ4v) is 4.94. The van der Waals surface area contributed by atoms with Crippen LogP contribution in [0.15, 0.2) is 28.6 Å². The number of cyclic esters (lactones) is 1. The molecule has 10 heteroatoms. The van der Waals surface area contributed by atoms with Crippen LogP contribution in [0, 0.1) is 0 Å². The Morgan fingerprint density at radius 1 is 1.15 bits per heavy atom. The molecule has 4 aliphatic rings. The van der Waals surface area contributed by atoms with Crippen molar-refractivity contribution in [1.82, 2.24) is 9.88 Å². The molecule has 4 aliphatic heterocycles. The van der Waals surface area contributed by atoms with E-state index in [0.29, 0.717) is 42.4 Å². The average Bonchev–Trinajstić information content (AvgIpc) is 3.18. The largest absolute Gasteiger partial charge is 0.486 e. The summed E-state index contributed by atoms with van der Waals surface area (Å²) in [7, 11) is 0. The van der Waals surface area contributed by atoms with Crippen molar-refractivity contribution in [3.05, 3.63) is 56.5 Å². The van der Waals surface area contributed by atoms with Crippen LogP contribution in [-0.2, 0) is 33.9 Å². The van der Waals surface area contributed by atoms with Crippen molar-refractivity contribution >= 4 is 23.1 Å². The molecule has 170 valence electrons. The van der Waals surface area contributed by atoms with Crippen LogP contribution in [0.4, 0.5) is 5.69 Å². The third kappa shape index (κ3) is 3.09. The zero-order chi connectivity index (χ0) is 22.7. The second-order valence-electron chi connectivity index (χ2n) is 8.36. The highest BCUT2D eigenvalue weighted by atomic mass is 16.6. The maximum absolute atomic E-state index is 13.2. The van der Waals surface area contributed by atoms with E-state index in [4.69, 9.17) is 19.3 Å². The number of benzene rings is 1. The van der Waals surface area contributed by atoms with Crippen LogP contribution in [0.1, 0.15) is 28.4 Å². The van der Waals surface area contributed by atoms with Gasteiger partial charge in [0.2, 0.25) is 5.91 Å². The summed E-state index contributed by atoms with van der Waals surface area (Å²) < 4.78 is 18.3. The first-order chi connectivity index (χ1) is 16.0. The molecule has 10 nitrogen and oxygen atoms in total. The van der Waals surface area contributed by atoms with Gasteiger partial charge in [0, 0.05) is 36.1 Å². The van der Waals surface area contributed by atoms with Crippen molar-refractivity contribution in [3.63, 3.8) is 0 Å². The zero-order valence-electron chi connectivity index (χ0n) is 17.6. The van der Waals surface area contributed by atoms with Gasteiger partial charge < -0.3 is 34.5 Å². The first kappa shape index (κ1) is 19.9. The highest BCUT2D eigenvalue weighted by Crippen LogP contribution is 2.48. The number of aliphatic hydroxyl groups is 1. The lowest BCUT2D eigenvalue weighted by molar-refractivity contribution is -0.145. The summed E-state index contributed by atoms with van der Waals surface area (Å²) in [6.45, 7) is 0.789. The Bertz CT molecular complexity index is 1310. The number of ether oxygens (including phenoxy) is 3. The normalized spacial score (nSPS) is 19.5. The smallest absolute Gasteiger partial charge is 0.310 e. The number of nitrogens with one attached hydrogen (secondary N) is 2. The van der Waals surface area contributed by atoms with Gasteiger partial charge >= 0.3 is 5.97 Å².